The van der Waals surface area contributed by atoms with Gasteiger partial charge in [-0.15, -0.1) is 10.2 Å². The highest BCUT2D eigenvalue weighted by Crippen LogP contribution is 2.29. The maximum Gasteiger partial charge on any atom is 0.313 e. The van der Waals surface area contributed by atoms with Crippen LogP contribution >= 0.6 is 23.1 Å². The molecule has 7 heteroatoms. The molecule has 2 N–H and O–H groups in total. The molecule has 0 aliphatic carbocycles. The second-order valence-corrected chi connectivity index (χ2v) is 7.25. The van der Waals surface area contributed by atoms with Crippen LogP contribution in [0.1, 0.15) is 27.7 Å². The van der Waals surface area contributed by atoms with Gasteiger partial charge in [-0.05, 0) is 11.3 Å². The summed E-state index contributed by atoms with van der Waals surface area (Å²) in [4.78, 5) is 10.4. The maximum atomic E-state index is 10.4. The Balaban J connectivity index is 2.47. The number of carbonyl (C=O) groups is 1. The molecule has 0 fully saturated rings. The lowest BCUT2D eigenvalue weighted by Crippen LogP contribution is -2.28. The highest BCUT2D eigenvalue weighted by Gasteiger charge is 2.22. The molecule has 0 saturated heterocycles. The molecule has 1 heterocycles. The number of hydrogen-bond acceptors (Lipinski definition) is 6. The number of rotatable bonds is 7. The van der Waals surface area contributed by atoms with E-state index >= 15 is 0 Å². The second kappa shape index (κ2) is 6.38. The Kier molecular flexibility index (Phi) is 5.40. The molecule has 102 valence electrons. The third kappa shape index (κ3) is 4.81. The third-order valence-corrected chi connectivity index (χ3v) is 4.98. The number of aromatic nitrogens is 2. The number of nitrogens with zero attached hydrogens (tertiary/aromatic N) is 2. The zero-order chi connectivity index (χ0) is 13.8. The highest BCUT2D eigenvalue weighted by molar-refractivity contribution is 8.01. The summed E-state index contributed by atoms with van der Waals surface area (Å²) < 4.78 is 0.683. The Bertz CT molecular complexity index is 405. The van der Waals surface area contributed by atoms with E-state index in [1.165, 1.54) is 23.1 Å². The summed E-state index contributed by atoms with van der Waals surface area (Å²) in [6.07, 6.45) is 0. The van der Waals surface area contributed by atoms with E-state index in [4.69, 9.17) is 5.11 Å². The van der Waals surface area contributed by atoms with Crippen molar-refractivity contribution >= 4 is 34.2 Å². The van der Waals surface area contributed by atoms with Crippen LogP contribution in [0.4, 0.5) is 5.13 Å². The molecule has 0 aromatic carbocycles. The summed E-state index contributed by atoms with van der Waals surface area (Å²) in [5, 5.41) is 20.5. The van der Waals surface area contributed by atoms with E-state index in [-0.39, 0.29) is 11.2 Å². The lowest BCUT2D eigenvalue weighted by Gasteiger charge is -2.29. The number of anilines is 1. The van der Waals surface area contributed by atoms with Crippen molar-refractivity contribution in [2.45, 2.75) is 32.0 Å². The van der Waals surface area contributed by atoms with Crippen LogP contribution in [0.2, 0.25) is 0 Å². The van der Waals surface area contributed by atoms with Gasteiger partial charge in [0.05, 0.1) is 5.75 Å². The van der Waals surface area contributed by atoms with Crippen LogP contribution in [0, 0.1) is 11.3 Å². The van der Waals surface area contributed by atoms with Crippen molar-refractivity contribution < 1.29 is 9.90 Å². The summed E-state index contributed by atoms with van der Waals surface area (Å²) in [5.41, 5.74) is 0.181. The van der Waals surface area contributed by atoms with Gasteiger partial charge in [0.15, 0.2) is 4.34 Å². The van der Waals surface area contributed by atoms with Crippen molar-refractivity contribution in [2.24, 2.45) is 11.3 Å². The Labute approximate surface area is 115 Å². The van der Waals surface area contributed by atoms with Gasteiger partial charge < -0.3 is 10.4 Å². The molecule has 1 aromatic heterocycles. The molecule has 5 nitrogen and oxygen atoms in total. The minimum atomic E-state index is -0.842. The summed E-state index contributed by atoms with van der Waals surface area (Å²) in [6, 6.07) is 0. The first kappa shape index (κ1) is 15.2. The smallest absolute Gasteiger partial charge is 0.313 e. The minimum Gasteiger partial charge on any atom is -0.481 e. The van der Waals surface area contributed by atoms with Gasteiger partial charge in [-0.25, -0.2) is 0 Å². The average molecular weight is 289 g/mol. The van der Waals surface area contributed by atoms with Crippen LogP contribution in [-0.2, 0) is 4.79 Å². The lowest BCUT2D eigenvalue weighted by atomic mass is 9.81. The highest BCUT2D eigenvalue weighted by atomic mass is 32.2. The van der Waals surface area contributed by atoms with Gasteiger partial charge in [-0.3, -0.25) is 4.79 Å². The lowest BCUT2D eigenvalue weighted by molar-refractivity contribution is -0.133. The fourth-order valence-electron chi connectivity index (χ4n) is 0.971. The number of carboxylic acid groups (broad SMARTS) is 1. The average Bonchev–Trinajstić information content (AvgIpc) is 2.71. The van der Waals surface area contributed by atoms with E-state index in [2.05, 4.69) is 43.2 Å². The van der Waals surface area contributed by atoms with Gasteiger partial charge in [0, 0.05) is 6.54 Å². The first-order valence-corrected chi connectivity index (χ1v) is 7.53. The summed E-state index contributed by atoms with van der Waals surface area (Å²) in [5.74, 6) is -0.254. The molecular weight excluding hydrogens is 270 g/mol. The topological polar surface area (TPSA) is 75.1 Å². The monoisotopic (exact) mass is 289 g/mol. The van der Waals surface area contributed by atoms with Crippen LogP contribution in [0.3, 0.4) is 0 Å². The van der Waals surface area contributed by atoms with Crippen molar-refractivity contribution in [3.05, 3.63) is 0 Å². The molecule has 18 heavy (non-hydrogen) atoms. The van der Waals surface area contributed by atoms with Crippen LogP contribution in [0.25, 0.3) is 0 Å². The molecule has 0 atom stereocenters. The van der Waals surface area contributed by atoms with Gasteiger partial charge in [0.25, 0.3) is 0 Å². The van der Waals surface area contributed by atoms with Crippen LogP contribution in [-0.4, -0.2) is 33.6 Å². The fraction of sp³-hybridized carbons (Fsp3) is 0.727. The van der Waals surface area contributed by atoms with E-state index in [1.54, 1.807) is 0 Å². The van der Waals surface area contributed by atoms with Gasteiger partial charge in [0.1, 0.15) is 0 Å². The molecule has 1 aromatic rings. The first-order valence-electron chi connectivity index (χ1n) is 5.73. The zero-order valence-corrected chi connectivity index (χ0v) is 12.7. The number of thioether (sulfide) groups is 1. The van der Waals surface area contributed by atoms with Crippen molar-refractivity contribution in [3.63, 3.8) is 0 Å². The summed E-state index contributed by atoms with van der Waals surface area (Å²) in [6.45, 7) is 9.60. The van der Waals surface area contributed by atoms with E-state index in [9.17, 15) is 4.79 Å². The molecule has 0 radical (unpaired) electrons. The second-order valence-electron chi connectivity index (χ2n) is 5.05. The van der Waals surface area contributed by atoms with Crippen molar-refractivity contribution in [2.75, 3.05) is 17.6 Å². The normalized spacial score (nSPS) is 11.8. The van der Waals surface area contributed by atoms with Gasteiger partial charge >= 0.3 is 5.97 Å². The van der Waals surface area contributed by atoms with Crippen LogP contribution in [0.15, 0.2) is 4.34 Å². The predicted molar refractivity (Wildman–Crippen MR) is 75.4 cm³/mol. The Morgan fingerprint density at radius 3 is 2.72 bits per heavy atom. The molecule has 0 spiro atoms. The van der Waals surface area contributed by atoms with E-state index < -0.39 is 5.97 Å². The van der Waals surface area contributed by atoms with Gasteiger partial charge in [-0.1, -0.05) is 50.8 Å². The van der Waals surface area contributed by atoms with Crippen LogP contribution < -0.4 is 5.32 Å². The Morgan fingerprint density at radius 1 is 1.50 bits per heavy atom. The molecule has 0 unspecified atom stereocenters. The standard InChI is InChI=1S/C11H19N3O2S2/c1-7(2)11(3,4)6-12-9-13-14-10(18-9)17-5-8(15)16/h7H,5-6H2,1-4H3,(H,12,13)(H,15,16). The number of hydrogen-bond donors (Lipinski definition) is 2. The molecule has 0 amide bonds. The quantitative estimate of drug-likeness (QED) is 0.752. The maximum absolute atomic E-state index is 10.4. The number of nitrogens with one attached hydrogen (secondary N) is 1. The van der Waals surface area contributed by atoms with Crippen molar-refractivity contribution in [1.29, 1.82) is 0 Å². The number of carboxylic acids is 1. The number of aliphatic carboxylic acids is 1. The van der Waals surface area contributed by atoms with Crippen molar-refractivity contribution in [1.82, 2.24) is 10.2 Å². The minimum absolute atomic E-state index is 0.0200. The SMILES string of the molecule is CC(C)C(C)(C)CNc1nnc(SCC(=O)O)s1. The predicted octanol–water partition coefficient (Wildman–Crippen LogP) is 2.81. The van der Waals surface area contributed by atoms with E-state index in [0.29, 0.717) is 10.3 Å². The molecule has 0 saturated carbocycles. The molecule has 1 rings (SSSR count). The van der Waals surface area contributed by atoms with Crippen LogP contribution in [0.5, 0.6) is 0 Å². The first-order chi connectivity index (χ1) is 8.31. The molecular formula is C11H19N3O2S2. The van der Waals surface area contributed by atoms with E-state index in [1.807, 2.05) is 0 Å². The van der Waals surface area contributed by atoms with Gasteiger partial charge in [-0.2, -0.15) is 0 Å². The third-order valence-electron chi connectivity index (χ3n) is 2.98. The Hall–Kier alpha value is -0.820. The summed E-state index contributed by atoms with van der Waals surface area (Å²) in [7, 11) is 0. The molecule has 0 aliphatic heterocycles. The van der Waals surface area contributed by atoms with Gasteiger partial charge in [0.2, 0.25) is 5.13 Å². The summed E-state index contributed by atoms with van der Waals surface area (Å²) >= 11 is 2.59. The molecule has 0 bridgehead atoms. The largest absolute Gasteiger partial charge is 0.481 e. The molecule has 0 aliphatic rings. The Morgan fingerprint density at radius 2 is 2.17 bits per heavy atom. The fourth-order valence-corrected chi connectivity index (χ4v) is 2.44. The zero-order valence-electron chi connectivity index (χ0n) is 11.1. The van der Waals surface area contributed by atoms with E-state index in [0.717, 1.165) is 11.7 Å². The van der Waals surface area contributed by atoms with Crippen molar-refractivity contribution in [3.8, 4) is 0 Å².